The lowest BCUT2D eigenvalue weighted by molar-refractivity contribution is 0.163. The summed E-state index contributed by atoms with van der Waals surface area (Å²) in [6, 6.07) is 11.7. The smallest absolute Gasteiger partial charge is 0.175 e. The first-order chi connectivity index (χ1) is 10.1. The molecule has 0 spiro atoms. The molecule has 0 fully saturated rings. The number of ether oxygens (including phenoxy) is 2. The van der Waals surface area contributed by atoms with Crippen molar-refractivity contribution in [2.45, 2.75) is 12.5 Å². The summed E-state index contributed by atoms with van der Waals surface area (Å²) in [5.41, 5.74) is 1.89. The molecule has 0 radical (unpaired) electrons. The van der Waals surface area contributed by atoms with E-state index in [1.807, 2.05) is 36.4 Å². The minimum Gasteiger partial charge on any atom is -0.486 e. The van der Waals surface area contributed by atoms with Crippen LogP contribution in [0, 0.1) is 0 Å². The summed E-state index contributed by atoms with van der Waals surface area (Å²) in [6.07, 6.45) is -0.0300. The summed E-state index contributed by atoms with van der Waals surface area (Å²) in [6.45, 7) is 1.08. The summed E-state index contributed by atoms with van der Waals surface area (Å²) in [4.78, 5) is 0. The molecule has 0 aliphatic carbocycles. The largest absolute Gasteiger partial charge is 0.486 e. The molecule has 0 aromatic heterocycles. The van der Waals surface area contributed by atoms with Gasteiger partial charge in [0.2, 0.25) is 0 Å². The van der Waals surface area contributed by atoms with Crippen LogP contribution in [-0.2, 0) is 6.42 Å². The zero-order valence-corrected chi connectivity index (χ0v) is 14.4. The van der Waals surface area contributed by atoms with E-state index >= 15 is 0 Å². The predicted octanol–water partition coefficient (Wildman–Crippen LogP) is 4.26. The number of fused-ring (bicyclic) bond motifs is 1. The molecule has 110 valence electrons. The van der Waals surface area contributed by atoms with Crippen molar-refractivity contribution >= 4 is 31.9 Å². The zero-order valence-electron chi connectivity index (χ0n) is 11.2. The van der Waals surface area contributed by atoms with E-state index < -0.39 is 6.10 Å². The summed E-state index contributed by atoms with van der Waals surface area (Å²) in [5, 5.41) is 10.4. The molecule has 3 rings (SSSR count). The van der Waals surface area contributed by atoms with Crippen LogP contribution < -0.4 is 9.47 Å². The van der Waals surface area contributed by atoms with Gasteiger partial charge < -0.3 is 14.6 Å². The van der Waals surface area contributed by atoms with Gasteiger partial charge in [-0.3, -0.25) is 0 Å². The Morgan fingerprint density at radius 2 is 1.76 bits per heavy atom. The predicted molar refractivity (Wildman–Crippen MR) is 87.9 cm³/mol. The molecule has 0 amide bonds. The van der Waals surface area contributed by atoms with E-state index in [4.69, 9.17) is 9.47 Å². The Labute approximate surface area is 140 Å². The van der Waals surface area contributed by atoms with Gasteiger partial charge >= 0.3 is 0 Å². The normalized spacial score (nSPS) is 14.8. The number of benzene rings is 2. The number of aliphatic hydroxyl groups is 1. The fourth-order valence-electron chi connectivity index (χ4n) is 2.28. The lowest BCUT2D eigenvalue weighted by Gasteiger charge is -2.21. The van der Waals surface area contributed by atoms with Crippen molar-refractivity contribution < 1.29 is 14.6 Å². The number of rotatable bonds is 3. The van der Waals surface area contributed by atoms with E-state index in [1.54, 1.807) is 0 Å². The number of aliphatic hydroxyl groups excluding tert-OH is 1. The maximum absolute atomic E-state index is 10.4. The topological polar surface area (TPSA) is 38.7 Å². The molecule has 1 aliphatic heterocycles. The Morgan fingerprint density at radius 1 is 1.05 bits per heavy atom. The van der Waals surface area contributed by atoms with Crippen LogP contribution in [0.2, 0.25) is 0 Å². The minimum absolute atomic E-state index is 0.533. The lowest BCUT2D eigenvalue weighted by atomic mass is 10.0. The second kappa shape index (κ2) is 6.38. The summed E-state index contributed by atoms with van der Waals surface area (Å²) >= 11 is 6.88. The van der Waals surface area contributed by atoms with E-state index in [0.717, 1.165) is 20.1 Å². The molecule has 1 heterocycles. The molecule has 3 nitrogen and oxygen atoms in total. The molecule has 0 bridgehead atoms. The van der Waals surface area contributed by atoms with E-state index in [0.29, 0.717) is 31.1 Å². The number of halogens is 2. The Bertz CT molecular complexity index is 641. The van der Waals surface area contributed by atoms with Crippen LogP contribution in [0.3, 0.4) is 0 Å². The Hall–Kier alpha value is -1.04. The molecule has 1 atom stereocenters. The van der Waals surface area contributed by atoms with Gasteiger partial charge in [0.1, 0.15) is 13.2 Å². The van der Waals surface area contributed by atoms with Gasteiger partial charge in [-0.25, -0.2) is 0 Å². The van der Waals surface area contributed by atoms with Gasteiger partial charge in [0.25, 0.3) is 0 Å². The highest BCUT2D eigenvalue weighted by Crippen LogP contribution is 2.40. The van der Waals surface area contributed by atoms with Gasteiger partial charge in [-0.2, -0.15) is 0 Å². The summed E-state index contributed by atoms with van der Waals surface area (Å²) in [5.74, 6) is 1.39. The van der Waals surface area contributed by atoms with E-state index in [9.17, 15) is 5.11 Å². The minimum atomic E-state index is -0.585. The van der Waals surface area contributed by atoms with Crippen molar-refractivity contribution in [3.63, 3.8) is 0 Å². The highest BCUT2D eigenvalue weighted by molar-refractivity contribution is 9.10. The van der Waals surface area contributed by atoms with Crippen molar-refractivity contribution in [1.82, 2.24) is 0 Å². The third-order valence-corrected chi connectivity index (χ3v) is 4.46. The van der Waals surface area contributed by atoms with Crippen molar-refractivity contribution in [2.24, 2.45) is 0 Å². The van der Waals surface area contributed by atoms with Crippen LogP contribution in [0.25, 0.3) is 0 Å². The average molecular weight is 414 g/mol. The van der Waals surface area contributed by atoms with Gasteiger partial charge in [0.15, 0.2) is 11.5 Å². The molecule has 1 aliphatic rings. The van der Waals surface area contributed by atoms with E-state index in [1.165, 1.54) is 0 Å². The molecule has 1 unspecified atom stereocenters. The van der Waals surface area contributed by atoms with Gasteiger partial charge in [-0.15, -0.1) is 0 Å². The van der Waals surface area contributed by atoms with Crippen LogP contribution in [0.4, 0.5) is 0 Å². The van der Waals surface area contributed by atoms with Crippen LogP contribution >= 0.6 is 31.9 Å². The van der Waals surface area contributed by atoms with E-state index in [-0.39, 0.29) is 0 Å². The first-order valence-corrected chi connectivity index (χ1v) is 8.23. The van der Waals surface area contributed by atoms with Crippen molar-refractivity contribution in [1.29, 1.82) is 0 Å². The van der Waals surface area contributed by atoms with Gasteiger partial charge in [-0.1, -0.05) is 28.1 Å². The van der Waals surface area contributed by atoms with Crippen molar-refractivity contribution in [3.05, 3.63) is 56.5 Å². The average Bonchev–Trinajstić information content (AvgIpc) is 2.49. The monoisotopic (exact) mass is 412 g/mol. The number of hydrogen-bond acceptors (Lipinski definition) is 3. The van der Waals surface area contributed by atoms with Crippen LogP contribution in [0.5, 0.6) is 11.5 Å². The maximum atomic E-state index is 10.4. The van der Waals surface area contributed by atoms with Crippen molar-refractivity contribution in [3.8, 4) is 11.5 Å². The highest BCUT2D eigenvalue weighted by atomic mass is 79.9. The van der Waals surface area contributed by atoms with Crippen LogP contribution in [0.1, 0.15) is 17.2 Å². The molecule has 5 heteroatoms. The van der Waals surface area contributed by atoms with Gasteiger partial charge in [-0.05, 0) is 51.3 Å². The second-order valence-electron chi connectivity index (χ2n) is 4.87. The first kappa shape index (κ1) is 14.9. The second-order valence-corrected chi connectivity index (χ2v) is 6.64. The molecule has 0 saturated heterocycles. The van der Waals surface area contributed by atoms with E-state index in [2.05, 4.69) is 31.9 Å². The standard InChI is InChI=1S/C16H14Br2O3/c17-12-3-1-10(2-4-12)7-14(19)11-8-13(18)16-15(9-11)20-5-6-21-16/h1-4,8-9,14,19H,5-7H2. The molecule has 21 heavy (non-hydrogen) atoms. The molecular formula is C16H14Br2O3. The highest BCUT2D eigenvalue weighted by Gasteiger charge is 2.19. The molecular weight excluding hydrogens is 400 g/mol. The molecule has 1 N–H and O–H groups in total. The van der Waals surface area contributed by atoms with Crippen molar-refractivity contribution in [2.75, 3.05) is 13.2 Å². The first-order valence-electron chi connectivity index (χ1n) is 6.65. The SMILES string of the molecule is OC(Cc1ccc(Br)cc1)c1cc(Br)c2c(c1)OCCO2. The summed E-state index contributed by atoms with van der Waals surface area (Å²) < 4.78 is 13.0. The zero-order chi connectivity index (χ0) is 14.8. The summed E-state index contributed by atoms with van der Waals surface area (Å²) in [7, 11) is 0. The Morgan fingerprint density at radius 3 is 2.52 bits per heavy atom. The molecule has 2 aromatic carbocycles. The quantitative estimate of drug-likeness (QED) is 0.816. The fourth-order valence-corrected chi connectivity index (χ4v) is 3.12. The number of hydrogen-bond donors (Lipinski definition) is 1. The molecule has 0 saturated carbocycles. The fraction of sp³-hybridized carbons (Fsp3) is 0.250. The van der Waals surface area contributed by atoms with Gasteiger partial charge in [0, 0.05) is 10.9 Å². The van der Waals surface area contributed by atoms with Gasteiger partial charge in [0.05, 0.1) is 10.6 Å². The maximum Gasteiger partial charge on any atom is 0.175 e. The Kier molecular flexibility index (Phi) is 4.52. The molecule has 2 aromatic rings. The Balaban J connectivity index is 1.82. The third-order valence-electron chi connectivity index (χ3n) is 3.35. The van der Waals surface area contributed by atoms with Crippen LogP contribution in [0.15, 0.2) is 45.3 Å². The lowest BCUT2D eigenvalue weighted by Crippen LogP contribution is -2.16. The van der Waals surface area contributed by atoms with Crippen LogP contribution in [-0.4, -0.2) is 18.3 Å². The third kappa shape index (κ3) is 3.42.